The third kappa shape index (κ3) is 4.07. The fraction of sp³-hybridized carbons (Fsp3) is 0.389. The van der Waals surface area contributed by atoms with Crippen molar-refractivity contribution in [1.82, 2.24) is 5.01 Å². The molecule has 0 fully saturated rings. The van der Waals surface area contributed by atoms with Crippen LogP contribution in [0.1, 0.15) is 37.8 Å². The average molecular weight is 418 g/mol. The largest absolute Gasteiger partial charge is 0.463 e. The maximum atomic E-state index is 13.6. The SMILES string of the molecule is CCOC(=O)C1=CN(N)C(C)=C(S(=O)(=O)CC)C1c1ccccc1C(F)(F)F. The first-order valence-corrected chi connectivity index (χ1v) is 10.1. The molecule has 1 aliphatic heterocycles. The van der Waals surface area contributed by atoms with Crippen LogP contribution in [0.15, 0.2) is 46.6 Å². The summed E-state index contributed by atoms with van der Waals surface area (Å²) in [7, 11) is -4.00. The minimum Gasteiger partial charge on any atom is -0.463 e. The van der Waals surface area contributed by atoms with E-state index >= 15 is 0 Å². The van der Waals surface area contributed by atoms with Gasteiger partial charge in [0.25, 0.3) is 0 Å². The van der Waals surface area contributed by atoms with Gasteiger partial charge in [-0.15, -0.1) is 0 Å². The Kier molecular flexibility index (Phi) is 6.24. The lowest BCUT2D eigenvalue weighted by molar-refractivity contribution is -0.140. The highest BCUT2D eigenvalue weighted by molar-refractivity contribution is 7.95. The Balaban J connectivity index is 2.87. The second-order valence-electron chi connectivity index (χ2n) is 6.08. The summed E-state index contributed by atoms with van der Waals surface area (Å²) in [5, 5.41) is 0.918. The first kappa shape index (κ1) is 22.0. The maximum Gasteiger partial charge on any atom is 0.416 e. The number of esters is 1. The van der Waals surface area contributed by atoms with Gasteiger partial charge in [-0.25, -0.2) is 19.1 Å². The number of ether oxygens (including phenoxy) is 1. The Morgan fingerprint density at radius 2 is 1.86 bits per heavy atom. The van der Waals surface area contributed by atoms with Crippen LogP contribution in [0.4, 0.5) is 13.2 Å². The van der Waals surface area contributed by atoms with Crippen LogP contribution in [0.2, 0.25) is 0 Å². The lowest BCUT2D eigenvalue weighted by Gasteiger charge is -2.33. The van der Waals surface area contributed by atoms with Gasteiger partial charge < -0.3 is 4.74 Å². The number of carbonyl (C=O) groups excluding carboxylic acids is 1. The van der Waals surface area contributed by atoms with Crippen LogP contribution < -0.4 is 5.84 Å². The summed E-state index contributed by atoms with van der Waals surface area (Å²) in [4.78, 5) is 12.1. The third-order valence-corrected chi connectivity index (χ3v) is 6.36. The van der Waals surface area contributed by atoms with Crippen LogP contribution in [-0.2, 0) is 25.5 Å². The molecule has 0 amide bonds. The minimum absolute atomic E-state index is 0.0348. The molecule has 0 aliphatic carbocycles. The van der Waals surface area contributed by atoms with E-state index in [1.807, 2.05) is 0 Å². The van der Waals surface area contributed by atoms with Crippen molar-refractivity contribution in [2.24, 2.45) is 5.84 Å². The Labute approximate surface area is 161 Å². The predicted molar refractivity (Wildman–Crippen MR) is 97.1 cm³/mol. The van der Waals surface area contributed by atoms with Crippen LogP contribution in [0.25, 0.3) is 0 Å². The van der Waals surface area contributed by atoms with E-state index in [4.69, 9.17) is 10.6 Å². The monoisotopic (exact) mass is 418 g/mol. The van der Waals surface area contributed by atoms with Crippen LogP contribution in [0, 0.1) is 0 Å². The molecular formula is C18H21F3N2O4S. The number of carbonyl (C=O) groups is 1. The first-order chi connectivity index (χ1) is 13.0. The molecule has 0 aromatic heterocycles. The van der Waals surface area contributed by atoms with Gasteiger partial charge in [-0.05, 0) is 25.5 Å². The summed E-state index contributed by atoms with van der Waals surface area (Å²) in [6.07, 6.45) is -3.63. The zero-order valence-corrected chi connectivity index (χ0v) is 16.4. The summed E-state index contributed by atoms with van der Waals surface area (Å²) >= 11 is 0. The van der Waals surface area contributed by atoms with Crippen molar-refractivity contribution >= 4 is 15.8 Å². The molecule has 10 heteroatoms. The molecule has 1 heterocycles. The van der Waals surface area contributed by atoms with E-state index in [1.165, 1.54) is 32.9 Å². The van der Waals surface area contributed by atoms with E-state index in [0.717, 1.165) is 23.3 Å². The van der Waals surface area contributed by atoms with E-state index < -0.39 is 33.5 Å². The van der Waals surface area contributed by atoms with Crippen molar-refractivity contribution in [2.75, 3.05) is 12.4 Å². The highest BCUT2D eigenvalue weighted by Gasteiger charge is 2.43. The smallest absolute Gasteiger partial charge is 0.416 e. The van der Waals surface area contributed by atoms with Gasteiger partial charge >= 0.3 is 12.1 Å². The molecule has 1 aromatic carbocycles. The van der Waals surface area contributed by atoms with Gasteiger partial charge in [-0.1, -0.05) is 25.1 Å². The molecule has 1 aromatic rings. The number of hydrogen-bond donors (Lipinski definition) is 1. The van der Waals surface area contributed by atoms with Crippen molar-refractivity contribution in [3.8, 4) is 0 Å². The number of hydrogen-bond acceptors (Lipinski definition) is 6. The summed E-state index contributed by atoms with van der Waals surface area (Å²) in [6, 6.07) is 4.56. The van der Waals surface area contributed by atoms with Gasteiger partial charge in [0.1, 0.15) is 0 Å². The van der Waals surface area contributed by atoms with Gasteiger partial charge in [-0.3, -0.25) is 5.01 Å². The lowest BCUT2D eigenvalue weighted by Crippen LogP contribution is -2.36. The van der Waals surface area contributed by atoms with Crippen molar-refractivity contribution in [3.05, 3.63) is 57.8 Å². The lowest BCUT2D eigenvalue weighted by atomic mass is 9.85. The standard InChI is InChI=1S/C18H21F3N2O4S/c1-4-27-17(24)13-10-23(22)11(3)16(28(25,26)5-2)15(13)12-8-6-7-9-14(12)18(19,20)21/h6-10,15H,4-5,22H2,1-3H3. The number of nitrogens with zero attached hydrogens (tertiary/aromatic N) is 1. The number of alkyl halides is 3. The number of allylic oxidation sites excluding steroid dienone is 2. The van der Waals surface area contributed by atoms with E-state index in [0.29, 0.717) is 0 Å². The highest BCUT2D eigenvalue weighted by atomic mass is 32.2. The Hall–Kier alpha value is -2.33. The molecule has 1 atom stereocenters. The molecule has 28 heavy (non-hydrogen) atoms. The van der Waals surface area contributed by atoms with E-state index in [2.05, 4.69) is 0 Å². The molecule has 1 unspecified atom stereocenters. The summed E-state index contributed by atoms with van der Waals surface area (Å²) in [5.41, 5.74) is -1.62. The maximum absolute atomic E-state index is 13.6. The zero-order valence-electron chi connectivity index (χ0n) is 15.6. The van der Waals surface area contributed by atoms with E-state index in [9.17, 15) is 26.4 Å². The van der Waals surface area contributed by atoms with Gasteiger partial charge in [0.2, 0.25) is 0 Å². The fourth-order valence-corrected chi connectivity index (χ4v) is 4.54. The zero-order chi connectivity index (χ0) is 21.3. The van der Waals surface area contributed by atoms with E-state index in [-0.39, 0.29) is 34.1 Å². The minimum atomic E-state index is -4.74. The molecule has 0 spiro atoms. The topological polar surface area (TPSA) is 89.7 Å². The normalized spacial score (nSPS) is 18.2. The van der Waals surface area contributed by atoms with Gasteiger partial charge in [0.15, 0.2) is 9.84 Å². The highest BCUT2D eigenvalue weighted by Crippen LogP contribution is 2.45. The molecule has 0 saturated heterocycles. The molecule has 2 rings (SSSR count). The second-order valence-corrected chi connectivity index (χ2v) is 8.33. The van der Waals surface area contributed by atoms with Crippen LogP contribution in [-0.4, -0.2) is 31.8 Å². The molecule has 0 saturated carbocycles. The van der Waals surface area contributed by atoms with Gasteiger partial charge in [0, 0.05) is 11.9 Å². The summed E-state index contributed by atoms with van der Waals surface area (Å²) < 4.78 is 71.4. The molecule has 6 nitrogen and oxygen atoms in total. The van der Waals surface area contributed by atoms with Crippen molar-refractivity contribution in [3.63, 3.8) is 0 Å². The summed E-state index contributed by atoms with van der Waals surface area (Å²) in [6.45, 7) is 4.24. The predicted octanol–water partition coefficient (Wildman–Crippen LogP) is 3.09. The van der Waals surface area contributed by atoms with Crippen LogP contribution in [0.3, 0.4) is 0 Å². The number of nitrogens with two attached hydrogens (primary N) is 1. The number of hydrazine groups is 1. The Morgan fingerprint density at radius 3 is 2.39 bits per heavy atom. The number of rotatable bonds is 5. The van der Waals surface area contributed by atoms with Crippen LogP contribution in [0.5, 0.6) is 0 Å². The fourth-order valence-electron chi connectivity index (χ4n) is 3.06. The molecule has 2 N–H and O–H groups in total. The van der Waals surface area contributed by atoms with Gasteiger partial charge in [0.05, 0.1) is 34.3 Å². The number of benzene rings is 1. The van der Waals surface area contributed by atoms with Gasteiger partial charge in [-0.2, -0.15) is 13.2 Å². The second kappa shape index (κ2) is 7.96. The first-order valence-electron chi connectivity index (χ1n) is 8.48. The van der Waals surface area contributed by atoms with Crippen LogP contribution >= 0.6 is 0 Å². The van der Waals surface area contributed by atoms with Crippen molar-refractivity contribution in [1.29, 1.82) is 0 Å². The Bertz CT molecular complexity index is 936. The van der Waals surface area contributed by atoms with Crippen molar-refractivity contribution < 1.29 is 31.1 Å². The summed E-state index contributed by atoms with van der Waals surface area (Å²) in [5.74, 6) is 3.03. The molecule has 154 valence electrons. The molecular weight excluding hydrogens is 397 g/mol. The number of halogens is 3. The number of sulfone groups is 1. The quantitative estimate of drug-likeness (QED) is 0.584. The molecule has 0 bridgehead atoms. The Morgan fingerprint density at radius 1 is 1.25 bits per heavy atom. The third-order valence-electron chi connectivity index (χ3n) is 4.40. The average Bonchev–Trinajstić information content (AvgIpc) is 2.62. The molecule has 0 radical (unpaired) electrons. The van der Waals surface area contributed by atoms with Crippen molar-refractivity contribution in [2.45, 2.75) is 32.9 Å². The van der Waals surface area contributed by atoms with E-state index in [1.54, 1.807) is 0 Å². The molecule has 1 aliphatic rings.